The predicted octanol–water partition coefficient (Wildman–Crippen LogP) is 3.23. The van der Waals surface area contributed by atoms with E-state index in [-0.39, 0.29) is 22.9 Å². The van der Waals surface area contributed by atoms with Gasteiger partial charge in [-0.15, -0.1) is 0 Å². The van der Waals surface area contributed by atoms with E-state index >= 15 is 0 Å². The molecule has 0 fully saturated rings. The number of carbonyl (C=O) groups is 2. The summed E-state index contributed by atoms with van der Waals surface area (Å²) in [5.74, 6) is -0.119. The molecular formula is C26H26N4O8S2. The third-order valence-electron chi connectivity index (χ3n) is 5.14. The lowest BCUT2D eigenvalue weighted by Crippen LogP contribution is -2.39. The number of hydrazone groups is 1. The van der Waals surface area contributed by atoms with Crippen molar-refractivity contribution in [1.82, 2.24) is 5.43 Å². The van der Waals surface area contributed by atoms with Crippen molar-refractivity contribution in [3.8, 4) is 5.75 Å². The average Bonchev–Trinajstić information content (AvgIpc) is 2.96. The van der Waals surface area contributed by atoms with Crippen LogP contribution in [0, 0.1) is 10.1 Å². The molecule has 0 bridgehead atoms. The highest BCUT2D eigenvalue weighted by Gasteiger charge is 2.28. The number of amides is 1. The summed E-state index contributed by atoms with van der Waals surface area (Å²) < 4.78 is 37.8. The SMILES string of the molecule is CSCCOC(=O)COc1ccc(/C=N/NC(=O)CN(c2cccc([N+](=O)[O-])c2)S(=O)(=O)c2ccccc2)cc1. The van der Waals surface area contributed by atoms with Crippen LogP contribution in [0.4, 0.5) is 11.4 Å². The Bertz CT molecular complexity index is 1450. The fourth-order valence-electron chi connectivity index (χ4n) is 3.21. The summed E-state index contributed by atoms with van der Waals surface area (Å²) in [5, 5.41) is 15.1. The molecule has 1 amide bonds. The maximum Gasteiger partial charge on any atom is 0.344 e. The fraction of sp³-hybridized carbons (Fsp3) is 0.192. The number of hydrogen-bond acceptors (Lipinski definition) is 10. The lowest BCUT2D eigenvalue weighted by Gasteiger charge is -2.23. The first-order chi connectivity index (χ1) is 19.2. The van der Waals surface area contributed by atoms with E-state index in [1.54, 1.807) is 42.1 Å². The van der Waals surface area contributed by atoms with Crippen LogP contribution in [0.1, 0.15) is 5.56 Å². The van der Waals surface area contributed by atoms with Gasteiger partial charge in [-0.2, -0.15) is 16.9 Å². The summed E-state index contributed by atoms with van der Waals surface area (Å²) in [5.41, 5.74) is 2.47. The van der Waals surface area contributed by atoms with Gasteiger partial charge in [0.05, 0.1) is 21.7 Å². The van der Waals surface area contributed by atoms with E-state index in [1.807, 2.05) is 6.26 Å². The second kappa shape index (κ2) is 14.6. The Balaban J connectivity index is 1.65. The summed E-state index contributed by atoms with van der Waals surface area (Å²) in [6, 6.07) is 18.9. The first-order valence-electron chi connectivity index (χ1n) is 11.7. The van der Waals surface area contributed by atoms with E-state index in [4.69, 9.17) is 9.47 Å². The van der Waals surface area contributed by atoms with Gasteiger partial charge < -0.3 is 9.47 Å². The lowest BCUT2D eigenvalue weighted by molar-refractivity contribution is -0.384. The number of ether oxygens (including phenoxy) is 2. The molecule has 0 saturated carbocycles. The van der Waals surface area contributed by atoms with E-state index in [0.29, 0.717) is 23.7 Å². The number of non-ortho nitro benzene ring substituents is 1. The van der Waals surface area contributed by atoms with Crippen molar-refractivity contribution in [2.24, 2.45) is 5.10 Å². The van der Waals surface area contributed by atoms with Gasteiger partial charge in [0, 0.05) is 17.9 Å². The van der Waals surface area contributed by atoms with Gasteiger partial charge in [0.2, 0.25) is 0 Å². The van der Waals surface area contributed by atoms with Crippen LogP contribution in [0.5, 0.6) is 5.75 Å². The molecule has 0 radical (unpaired) electrons. The number of nitrogens with zero attached hydrogens (tertiary/aromatic N) is 3. The normalized spacial score (nSPS) is 11.1. The molecule has 12 nitrogen and oxygen atoms in total. The molecule has 0 aliphatic heterocycles. The molecule has 0 spiro atoms. The standard InChI is InChI=1S/C26H26N4O8S2/c1-39-15-14-37-26(32)19-38-23-12-10-20(11-13-23)17-27-28-25(31)18-29(21-6-5-7-22(16-21)30(33)34)40(35,36)24-8-3-2-4-9-24/h2-13,16-17H,14-15,18-19H2,1H3,(H,28,31)/b27-17+. The van der Waals surface area contributed by atoms with E-state index in [9.17, 15) is 28.1 Å². The van der Waals surface area contributed by atoms with E-state index < -0.39 is 33.4 Å². The van der Waals surface area contributed by atoms with Crippen LogP contribution < -0.4 is 14.5 Å². The van der Waals surface area contributed by atoms with Gasteiger partial charge in [-0.25, -0.2) is 18.6 Å². The van der Waals surface area contributed by atoms with Crippen molar-refractivity contribution in [2.45, 2.75) is 4.90 Å². The molecule has 0 unspecified atom stereocenters. The van der Waals surface area contributed by atoms with Crippen LogP contribution in [0.2, 0.25) is 0 Å². The molecule has 14 heteroatoms. The minimum Gasteiger partial charge on any atom is -0.482 e. The van der Waals surface area contributed by atoms with Crippen molar-refractivity contribution in [3.63, 3.8) is 0 Å². The highest BCUT2D eigenvalue weighted by molar-refractivity contribution is 7.98. The fourth-order valence-corrected chi connectivity index (χ4v) is 4.90. The highest BCUT2D eigenvalue weighted by atomic mass is 32.2. The van der Waals surface area contributed by atoms with Crippen molar-refractivity contribution in [3.05, 3.63) is 94.5 Å². The largest absolute Gasteiger partial charge is 0.482 e. The van der Waals surface area contributed by atoms with E-state index in [0.717, 1.165) is 10.4 Å². The van der Waals surface area contributed by atoms with Crippen LogP contribution in [-0.2, 0) is 24.3 Å². The third-order valence-corrected chi connectivity index (χ3v) is 7.50. The molecular weight excluding hydrogens is 560 g/mol. The summed E-state index contributed by atoms with van der Waals surface area (Å²) >= 11 is 1.56. The molecule has 0 aliphatic carbocycles. The Kier molecular flexibility index (Phi) is 11.0. The van der Waals surface area contributed by atoms with Crippen molar-refractivity contribution in [2.75, 3.05) is 36.1 Å². The minimum absolute atomic E-state index is 0.0547. The average molecular weight is 587 g/mol. The number of nitrogens with one attached hydrogen (secondary N) is 1. The Hall–Kier alpha value is -4.43. The Labute approximate surface area is 235 Å². The second-order valence-electron chi connectivity index (χ2n) is 7.97. The Morgan fingerprint density at radius 1 is 1.07 bits per heavy atom. The quantitative estimate of drug-likeness (QED) is 0.0984. The highest BCUT2D eigenvalue weighted by Crippen LogP contribution is 2.26. The molecule has 0 aliphatic rings. The van der Waals surface area contributed by atoms with Gasteiger partial charge in [0.25, 0.3) is 21.6 Å². The van der Waals surface area contributed by atoms with Crippen molar-refractivity contribution >= 4 is 51.3 Å². The molecule has 0 aromatic heterocycles. The summed E-state index contributed by atoms with van der Waals surface area (Å²) in [6.45, 7) is -0.605. The molecule has 210 valence electrons. The maximum absolute atomic E-state index is 13.3. The Morgan fingerprint density at radius 2 is 1.80 bits per heavy atom. The van der Waals surface area contributed by atoms with Crippen molar-refractivity contribution in [1.29, 1.82) is 0 Å². The zero-order valence-electron chi connectivity index (χ0n) is 21.3. The number of benzene rings is 3. The maximum atomic E-state index is 13.3. The zero-order valence-corrected chi connectivity index (χ0v) is 23.0. The van der Waals surface area contributed by atoms with Gasteiger partial charge in [0.1, 0.15) is 18.9 Å². The summed E-state index contributed by atoms with van der Waals surface area (Å²) in [4.78, 5) is 34.8. The topological polar surface area (TPSA) is 158 Å². The van der Waals surface area contributed by atoms with Crippen LogP contribution in [0.3, 0.4) is 0 Å². The van der Waals surface area contributed by atoms with Crippen LogP contribution in [0.15, 0.2) is 88.9 Å². The number of carbonyl (C=O) groups excluding carboxylic acids is 2. The molecule has 0 saturated heterocycles. The van der Waals surface area contributed by atoms with Crippen LogP contribution in [0.25, 0.3) is 0 Å². The summed E-state index contributed by atoms with van der Waals surface area (Å²) in [7, 11) is -4.24. The summed E-state index contributed by atoms with van der Waals surface area (Å²) in [6.07, 6.45) is 3.24. The number of nitro benzene ring substituents is 1. The van der Waals surface area contributed by atoms with Gasteiger partial charge in [0.15, 0.2) is 6.61 Å². The van der Waals surface area contributed by atoms with Crippen molar-refractivity contribution < 1.29 is 32.4 Å². The monoisotopic (exact) mass is 586 g/mol. The first kappa shape index (κ1) is 30.1. The second-order valence-corrected chi connectivity index (χ2v) is 10.8. The number of anilines is 1. The van der Waals surface area contributed by atoms with Crippen LogP contribution in [-0.4, -0.2) is 63.2 Å². The molecule has 0 heterocycles. The lowest BCUT2D eigenvalue weighted by atomic mass is 10.2. The predicted molar refractivity (Wildman–Crippen MR) is 151 cm³/mol. The zero-order chi connectivity index (χ0) is 29.0. The first-order valence-corrected chi connectivity index (χ1v) is 14.6. The van der Waals surface area contributed by atoms with E-state index in [2.05, 4.69) is 10.5 Å². The smallest absolute Gasteiger partial charge is 0.344 e. The molecule has 1 N–H and O–H groups in total. The molecule has 3 aromatic rings. The number of sulfonamides is 1. The van der Waals surface area contributed by atoms with Gasteiger partial charge >= 0.3 is 5.97 Å². The van der Waals surface area contributed by atoms with Crippen LogP contribution >= 0.6 is 11.8 Å². The Morgan fingerprint density at radius 3 is 2.48 bits per heavy atom. The molecule has 3 aromatic carbocycles. The molecule has 3 rings (SSSR count). The number of thioether (sulfide) groups is 1. The van der Waals surface area contributed by atoms with Gasteiger partial charge in [-0.3, -0.25) is 19.2 Å². The third kappa shape index (κ3) is 8.81. The number of nitro groups is 1. The number of esters is 1. The van der Waals surface area contributed by atoms with Gasteiger partial charge in [-0.1, -0.05) is 24.3 Å². The minimum atomic E-state index is -4.24. The van der Waals surface area contributed by atoms with Gasteiger partial charge in [-0.05, 0) is 54.3 Å². The van der Waals surface area contributed by atoms with E-state index in [1.165, 1.54) is 48.7 Å². The molecule has 40 heavy (non-hydrogen) atoms. The number of hydrogen-bond donors (Lipinski definition) is 1. The number of rotatable bonds is 14. The molecule has 0 atom stereocenters.